The highest BCUT2D eigenvalue weighted by molar-refractivity contribution is 5.86. The summed E-state index contributed by atoms with van der Waals surface area (Å²) in [6, 6.07) is -0.726. The molecule has 2 aromatic rings. The Morgan fingerprint density at radius 1 is 1.23 bits per heavy atom. The molecule has 10 nitrogen and oxygen atoms in total. The average Bonchev–Trinajstić information content (AvgIpc) is 2.70. The van der Waals surface area contributed by atoms with Gasteiger partial charge in [-0.25, -0.2) is 9.18 Å². The number of rotatable bonds is 4. The number of benzene rings is 1. The standard InChI is InChI=1S/C18H19F2NO9/c1-5-6-2-8(19)13(24)11(20)16(6)30-17(27)7(5)3-10(23)21-12-15(26)14(25)9(4-22)29-18(12)28/h2,9,12,14-15,18,22,24-26,28H,3-4H2,1H3,(H,21,23)/t9?,12?,14-,15?,18?/m1/s1. The minimum absolute atomic E-state index is 0.0237. The SMILES string of the molecule is Cc1c(CC(=O)NC2C(O)OC(CO)[C@@H](O)C2O)c(=O)oc2c(F)c(O)c(F)cc12. The maximum Gasteiger partial charge on any atom is 0.340 e. The lowest BCUT2D eigenvalue weighted by molar-refractivity contribution is -0.253. The van der Waals surface area contributed by atoms with Gasteiger partial charge in [-0.2, -0.15) is 4.39 Å². The summed E-state index contributed by atoms with van der Waals surface area (Å²) in [5, 5.41) is 50.2. The molecule has 30 heavy (non-hydrogen) atoms. The molecule has 3 rings (SSSR count). The number of amides is 1. The highest BCUT2D eigenvalue weighted by atomic mass is 19.1. The molecule has 1 fully saturated rings. The van der Waals surface area contributed by atoms with E-state index < -0.39 is 78.2 Å². The molecule has 2 heterocycles. The summed E-state index contributed by atoms with van der Waals surface area (Å²) < 4.78 is 37.4. The number of carbonyl (C=O) groups excluding carboxylic acids is 1. The van der Waals surface area contributed by atoms with Crippen LogP contribution in [0.25, 0.3) is 11.0 Å². The van der Waals surface area contributed by atoms with Crippen molar-refractivity contribution in [1.29, 1.82) is 0 Å². The molecule has 4 unspecified atom stereocenters. The maximum absolute atomic E-state index is 14.0. The molecular formula is C18H19F2NO9. The zero-order valence-corrected chi connectivity index (χ0v) is 15.5. The van der Waals surface area contributed by atoms with Crippen LogP contribution in [-0.2, 0) is 16.0 Å². The number of nitrogens with one attached hydrogen (secondary N) is 1. The number of aryl methyl sites for hydroxylation is 1. The lowest BCUT2D eigenvalue weighted by Gasteiger charge is -2.40. The van der Waals surface area contributed by atoms with Gasteiger partial charge < -0.3 is 40.0 Å². The van der Waals surface area contributed by atoms with Gasteiger partial charge >= 0.3 is 5.63 Å². The van der Waals surface area contributed by atoms with E-state index in [2.05, 4.69) is 5.32 Å². The summed E-state index contributed by atoms with van der Waals surface area (Å²) in [5.74, 6) is -4.95. The highest BCUT2D eigenvalue weighted by Gasteiger charge is 2.44. The van der Waals surface area contributed by atoms with E-state index in [1.807, 2.05) is 0 Å². The van der Waals surface area contributed by atoms with Crippen LogP contribution in [0.3, 0.4) is 0 Å². The second-order valence-corrected chi connectivity index (χ2v) is 6.89. The number of hydrogen-bond donors (Lipinski definition) is 6. The minimum Gasteiger partial charge on any atom is -0.503 e. The number of halogens is 2. The van der Waals surface area contributed by atoms with Crippen LogP contribution in [0.1, 0.15) is 11.1 Å². The zero-order valence-electron chi connectivity index (χ0n) is 15.5. The smallest absolute Gasteiger partial charge is 0.340 e. The van der Waals surface area contributed by atoms with Gasteiger partial charge in [-0.05, 0) is 18.6 Å². The monoisotopic (exact) mass is 431 g/mol. The summed E-state index contributed by atoms with van der Waals surface area (Å²) in [6.07, 6.45) is -6.96. The first-order chi connectivity index (χ1) is 14.1. The highest BCUT2D eigenvalue weighted by Crippen LogP contribution is 2.30. The van der Waals surface area contributed by atoms with E-state index in [0.717, 1.165) is 6.07 Å². The molecule has 0 saturated carbocycles. The van der Waals surface area contributed by atoms with E-state index >= 15 is 0 Å². The number of fused-ring (bicyclic) bond motifs is 1. The molecule has 1 saturated heterocycles. The van der Waals surface area contributed by atoms with Crippen LogP contribution in [0.5, 0.6) is 5.75 Å². The Morgan fingerprint density at radius 3 is 2.53 bits per heavy atom. The fourth-order valence-electron chi connectivity index (χ4n) is 3.29. The van der Waals surface area contributed by atoms with Gasteiger partial charge in [-0.15, -0.1) is 0 Å². The maximum atomic E-state index is 14.0. The second-order valence-electron chi connectivity index (χ2n) is 6.89. The molecule has 0 bridgehead atoms. The lowest BCUT2D eigenvalue weighted by Crippen LogP contribution is -2.64. The van der Waals surface area contributed by atoms with E-state index in [0.29, 0.717) is 0 Å². The molecule has 1 aliphatic rings. The molecule has 0 aliphatic carbocycles. The third-order valence-electron chi connectivity index (χ3n) is 5.01. The molecule has 0 spiro atoms. The van der Waals surface area contributed by atoms with E-state index in [4.69, 9.17) is 14.3 Å². The number of aliphatic hydroxyl groups is 4. The predicted octanol–water partition coefficient (Wildman–Crippen LogP) is -1.46. The number of aliphatic hydroxyl groups excluding tert-OH is 4. The van der Waals surface area contributed by atoms with Crippen LogP contribution < -0.4 is 10.9 Å². The van der Waals surface area contributed by atoms with Crippen molar-refractivity contribution in [2.45, 2.75) is 44.0 Å². The van der Waals surface area contributed by atoms with Gasteiger partial charge in [0.15, 0.2) is 23.4 Å². The van der Waals surface area contributed by atoms with Gasteiger partial charge in [0, 0.05) is 5.39 Å². The zero-order chi connectivity index (χ0) is 22.3. The van der Waals surface area contributed by atoms with Crippen LogP contribution >= 0.6 is 0 Å². The molecule has 164 valence electrons. The molecule has 6 N–H and O–H groups in total. The van der Waals surface area contributed by atoms with E-state index in [9.17, 15) is 38.8 Å². The average molecular weight is 431 g/mol. The summed E-state index contributed by atoms with van der Waals surface area (Å²) in [4.78, 5) is 24.6. The topological polar surface area (TPSA) is 170 Å². The van der Waals surface area contributed by atoms with E-state index in [1.165, 1.54) is 6.92 Å². The number of ether oxygens (including phenoxy) is 1. The van der Waals surface area contributed by atoms with Crippen molar-refractivity contribution in [3.05, 3.63) is 39.2 Å². The van der Waals surface area contributed by atoms with Crippen molar-refractivity contribution >= 4 is 16.9 Å². The molecule has 1 amide bonds. The van der Waals surface area contributed by atoms with Crippen molar-refractivity contribution in [2.24, 2.45) is 0 Å². The number of hydrogen-bond acceptors (Lipinski definition) is 9. The molecule has 1 aliphatic heterocycles. The Balaban J connectivity index is 1.87. The molecule has 0 radical (unpaired) electrons. The Hall–Kier alpha value is -2.64. The summed E-state index contributed by atoms with van der Waals surface area (Å²) in [6.45, 7) is 0.636. The molecule has 12 heteroatoms. The van der Waals surface area contributed by atoms with Crippen LogP contribution in [0.15, 0.2) is 15.3 Å². The number of carbonyl (C=O) groups is 1. The quantitative estimate of drug-likeness (QED) is 0.317. The van der Waals surface area contributed by atoms with E-state index in [-0.39, 0.29) is 16.5 Å². The Bertz CT molecular complexity index is 1040. The number of aromatic hydroxyl groups is 1. The Labute approximate surface area is 166 Å². The van der Waals surface area contributed by atoms with Crippen LogP contribution in [-0.4, -0.2) is 68.7 Å². The van der Waals surface area contributed by atoms with Gasteiger partial charge in [0.1, 0.15) is 24.4 Å². The molecule has 1 aromatic heterocycles. The third kappa shape index (κ3) is 3.75. The van der Waals surface area contributed by atoms with Gasteiger partial charge in [-0.1, -0.05) is 0 Å². The molecule has 1 aromatic carbocycles. The van der Waals surface area contributed by atoms with Gasteiger partial charge in [-0.3, -0.25) is 4.79 Å². The number of phenols is 1. The normalized spacial score (nSPS) is 26.7. The van der Waals surface area contributed by atoms with Crippen molar-refractivity contribution < 1.29 is 48.3 Å². The van der Waals surface area contributed by atoms with Gasteiger partial charge in [0.25, 0.3) is 0 Å². The first kappa shape index (κ1) is 22.1. The fourth-order valence-corrected chi connectivity index (χ4v) is 3.29. The predicted molar refractivity (Wildman–Crippen MR) is 94.4 cm³/mol. The molecular weight excluding hydrogens is 412 g/mol. The third-order valence-corrected chi connectivity index (χ3v) is 5.01. The fraction of sp³-hybridized carbons (Fsp3) is 0.444. The Kier molecular flexibility index (Phi) is 6.06. The van der Waals surface area contributed by atoms with Crippen LogP contribution in [0.4, 0.5) is 8.78 Å². The minimum atomic E-state index is -1.76. The van der Waals surface area contributed by atoms with Crippen LogP contribution in [0.2, 0.25) is 0 Å². The van der Waals surface area contributed by atoms with Crippen molar-refractivity contribution in [2.75, 3.05) is 6.61 Å². The second kappa shape index (κ2) is 8.24. The number of phenolic OH excluding ortho intramolecular Hbond substituents is 1. The summed E-state index contributed by atoms with van der Waals surface area (Å²) in [5.41, 5.74) is -2.01. The first-order valence-electron chi connectivity index (χ1n) is 8.80. The van der Waals surface area contributed by atoms with Gasteiger partial charge in [0.2, 0.25) is 11.7 Å². The Morgan fingerprint density at radius 2 is 1.90 bits per heavy atom. The summed E-state index contributed by atoms with van der Waals surface area (Å²) >= 11 is 0. The van der Waals surface area contributed by atoms with Crippen molar-refractivity contribution in [3.63, 3.8) is 0 Å². The van der Waals surface area contributed by atoms with E-state index in [1.54, 1.807) is 0 Å². The van der Waals surface area contributed by atoms with Crippen molar-refractivity contribution in [3.8, 4) is 5.75 Å². The van der Waals surface area contributed by atoms with Crippen LogP contribution in [0, 0.1) is 18.6 Å². The largest absolute Gasteiger partial charge is 0.503 e. The van der Waals surface area contributed by atoms with Crippen molar-refractivity contribution in [1.82, 2.24) is 5.32 Å². The first-order valence-corrected chi connectivity index (χ1v) is 8.80. The lowest BCUT2D eigenvalue weighted by atomic mass is 9.96. The summed E-state index contributed by atoms with van der Waals surface area (Å²) in [7, 11) is 0. The van der Waals surface area contributed by atoms with Gasteiger partial charge in [0.05, 0.1) is 18.6 Å². The molecule has 5 atom stereocenters.